The SMILES string of the molecule is CC(C)(C)c1ccc(S(=O)(=O)Nc2ccccc2CCc2cccc(C(=O)O)c2)cc1.Cc1cc(C)c(S(=O)(=O)Nc2ccccc2CCc2cccc(C(=O)O)c2)c(C)c1. The first-order chi connectivity index (χ1) is 28.7. The molecule has 0 aromatic heterocycles. The lowest BCUT2D eigenvalue weighted by atomic mass is 9.87. The van der Waals surface area contributed by atoms with Crippen LogP contribution in [-0.2, 0) is 51.1 Å². The smallest absolute Gasteiger partial charge is 0.335 e. The van der Waals surface area contributed by atoms with Gasteiger partial charge in [0.1, 0.15) is 0 Å². The number of aromatic carboxylic acids is 2. The van der Waals surface area contributed by atoms with Crippen LogP contribution in [0, 0.1) is 20.8 Å². The van der Waals surface area contributed by atoms with Crippen molar-refractivity contribution in [1.29, 1.82) is 0 Å². The van der Waals surface area contributed by atoms with Crippen molar-refractivity contribution in [3.05, 3.63) is 189 Å². The summed E-state index contributed by atoms with van der Waals surface area (Å²) in [4.78, 5) is 22.9. The zero-order valence-corrected chi connectivity index (χ0v) is 36.8. The summed E-state index contributed by atoms with van der Waals surface area (Å²) in [5.41, 5.74) is 8.46. The number of aryl methyl sites for hydroxylation is 7. The van der Waals surface area contributed by atoms with E-state index in [9.17, 15) is 26.4 Å². The van der Waals surface area contributed by atoms with E-state index in [1.54, 1.807) is 86.6 Å². The van der Waals surface area contributed by atoms with Crippen LogP contribution in [0.25, 0.3) is 0 Å². The van der Waals surface area contributed by atoms with Crippen LogP contribution in [0.4, 0.5) is 11.4 Å². The van der Waals surface area contributed by atoms with Crippen molar-refractivity contribution in [2.75, 3.05) is 9.44 Å². The molecule has 61 heavy (non-hydrogen) atoms. The number of carboxylic acid groups (broad SMARTS) is 2. The van der Waals surface area contributed by atoms with Crippen molar-refractivity contribution in [2.24, 2.45) is 0 Å². The molecule has 0 unspecified atom stereocenters. The van der Waals surface area contributed by atoms with Crippen LogP contribution < -0.4 is 9.44 Å². The first kappa shape index (κ1) is 45.8. The number of rotatable bonds is 14. The maximum Gasteiger partial charge on any atom is 0.335 e. The van der Waals surface area contributed by atoms with Gasteiger partial charge in [-0.25, -0.2) is 26.4 Å². The second-order valence-corrected chi connectivity index (χ2v) is 19.3. The number of anilines is 2. The number of hydrogen-bond donors (Lipinski definition) is 4. The topological polar surface area (TPSA) is 167 Å². The van der Waals surface area contributed by atoms with Gasteiger partial charge in [0.05, 0.1) is 32.3 Å². The first-order valence-corrected chi connectivity index (χ1v) is 22.7. The molecule has 6 rings (SSSR count). The predicted octanol–water partition coefficient (Wildman–Crippen LogP) is 10.2. The molecular weight excluding hydrogens is 809 g/mol. The Morgan fingerprint density at radius 1 is 0.525 bits per heavy atom. The summed E-state index contributed by atoms with van der Waals surface area (Å²) < 4.78 is 57.6. The molecule has 4 N–H and O–H groups in total. The first-order valence-electron chi connectivity index (χ1n) is 19.8. The van der Waals surface area contributed by atoms with Crippen LogP contribution in [0.2, 0.25) is 0 Å². The highest BCUT2D eigenvalue weighted by atomic mass is 32.2. The minimum absolute atomic E-state index is 0.0553. The molecule has 10 nitrogen and oxygen atoms in total. The zero-order valence-electron chi connectivity index (χ0n) is 35.2. The minimum Gasteiger partial charge on any atom is -0.478 e. The van der Waals surface area contributed by atoms with Crippen molar-refractivity contribution in [3.8, 4) is 0 Å². The number of para-hydroxylation sites is 2. The molecular formula is C49H52N2O8S2. The average Bonchev–Trinajstić information content (AvgIpc) is 3.19. The molecule has 0 spiro atoms. The Labute approximate surface area is 359 Å². The number of benzene rings is 6. The summed E-state index contributed by atoms with van der Waals surface area (Å²) in [6, 6.07) is 38.8. The molecule has 0 fully saturated rings. The van der Waals surface area contributed by atoms with Gasteiger partial charge in [-0.3, -0.25) is 9.44 Å². The fourth-order valence-electron chi connectivity index (χ4n) is 7.08. The number of carbonyl (C=O) groups is 2. The van der Waals surface area contributed by atoms with Gasteiger partial charge < -0.3 is 10.2 Å². The molecule has 0 saturated heterocycles. The van der Waals surface area contributed by atoms with Gasteiger partial charge in [-0.05, 0) is 139 Å². The maximum absolute atomic E-state index is 13.1. The maximum atomic E-state index is 13.1. The van der Waals surface area contributed by atoms with E-state index in [-0.39, 0.29) is 21.4 Å². The Kier molecular flexibility index (Phi) is 14.6. The van der Waals surface area contributed by atoms with Gasteiger partial charge in [-0.15, -0.1) is 0 Å². The lowest BCUT2D eigenvalue weighted by Gasteiger charge is -2.19. The summed E-state index contributed by atoms with van der Waals surface area (Å²) >= 11 is 0. The fraction of sp³-hybridized carbons (Fsp3) is 0.224. The Morgan fingerprint density at radius 3 is 1.38 bits per heavy atom. The number of sulfonamides is 2. The average molecular weight is 861 g/mol. The lowest BCUT2D eigenvalue weighted by molar-refractivity contribution is 0.0686. The standard InChI is InChI=1S/C25H27NO4S.C24H25NO4S/c1-25(2,3)21-13-15-22(16-14-21)31(29,30)26-23-10-5-4-8-19(23)12-11-18-7-6-9-20(17-18)24(27)28;1-16-13-17(2)23(18(3)14-16)30(28,29)25-22-10-5-4-8-20(22)12-11-19-7-6-9-21(15-19)24(26)27/h4-10,13-17,26H,11-12H2,1-3H3,(H,27,28);4-10,13-15,25H,11-12H2,1-3H3,(H,26,27). The molecule has 0 radical (unpaired) electrons. The second kappa shape index (κ2) is 19.4. The Balaban J connectivity index is 0.000000231. The van der Waals surface area contributed by atoms with Crippen molar-refractivity contribution in [3.63, 3.8) is 0 Å². The molecule has 0 heterocycles. The molecule has 0 aliphatic rings. The minimum atomic E-state index is -3.74. The molecule has 0 bridgehead atoms. The van der Waals surface area contributed by atoms with E-state index in [0.717, 1.165) is 33.4 Å². The third kappa shape index (κ3) is 12.4. The highest BCUT2D eigenvalue weighted by Crippen LogP contribution is 2.28. The van der Waals surface area contributed by atoms with Gasteiger partial charge in [0, 0.05) is 0 Å². The predicted molar refractivity (Wildman–Crippen MR) is 242 cm³/mol. The molecule has 0 aliphatic heterocycles. The normalized spacial score (nSPS) is 11.6. The van der Waals surface area contributed by atoms with Crippen molar-refractivity contribution >= 4 is 43.4 Å². The van der Waals surface area contributed by atoms with Crippen LogP contribution in [-0.4, -0.2) is 39.0 Å². The Bertz CT molecular complexity index is 2730. The van der Waals surface area contributed by atoms with Crippen molar-refractivity contribution in [2.45, 2.75) is 82.4 Å². The Hall–Kier alpha value is -6.24. The molecule has 0 atom stereocenters. The van der Waals surface area contributed by atoms with Gasteiger partial charge in [0.15, 0.2) is 0 Å². The zero-order chi connectivity index (χ0) is 44.5. The van der Waals surface area contributed by atoms with E-state index in [0.29, 0.717) is 53.1 Å². The van der Waals surface area contributed by atoms with Crippen LogP contribution in [0.3, 0.4) is 0 Å². The quantitative estimate of drug-likeness (QED) is 0.0840. The van der Waals surface area contributed by atoms with E-state index in [2.05, 4.69) is 30.2 Å². The highest BCUT2D eigenvalue weighted by Gasteiger charge is 2.22. The largest absolute Gasteiger partial charge is 0.478 e. The van der Waals surface area contributed by atoms with Crippen LogP contribution >= 0.6 is 0 Å². The monoisotopic (exact) mass is 860 g/mol. The van der Waals surface area contributed by atoms with Gasteiger partial charge in [-0.1, -0.05) is 111 Å². The summed E-state index contributed by atoms with van der Waals surface area (Å²) in [6.07, 6.45) is 2.35. The van der Waals surface area contributed by atoms with Crippen LogP contribution in [0.1, 0.15) is 86.0 Å². The Morgan fingerprint density at radius 2 is 0.951 bits per heavy atom. The van der Waals surface area contributed by atoms with E-state index in [1.807, 2.05) is 67.6 Å². The van der Waals surface area contributed by atoms with Gasteiger partial charge in [-0.2, -0.15) is 0 Å². The molecule has 0 saturated carbocycles. The molecule has 0 amide bonds. The third-order valence-electron chi connectivity index (χ3n) is 10.1. The lowest BCUT2D eigenvalue weighted by Crippen LogP contribution is -2.17. The number of nitrogens with one attached hydrogen (secondary N) is 2. The highest BCUT2D eigenvalue weighted by molar-refractivity contribution is 7.93. The van der Waals surface area contributed by atoms with Crippen molar-refractivity contribution < 1.29 is 36.6 Å². The van der Waals surface area contributed by atoms with Gasteiger partial charge in [0.2, 0.25) is 0 Å². The molecule has 0 aliphatic carbocycles. The fourth-order valence-corrected chi connectivity index (χ4v) is 9.73. The molecule has 6 aromatic rings. The summed E-state index contributed by atoms with van der Waals surface area (Å²) in [7, 11) is -7.47. The van der Waals surface area contributed by atoms with Gasteiger partial charge in [0.25, 0.3) is 20.0 Å². The summed E-state index contributed by atoms with van der Waals surface area (Å²) in [5.74, 6) is -1.93. The number of carboxylic acids is 2. The molecule has 318 valence electrons. The van der Waals surface area contributed by atoms with E-state index in [1.165, 1.54) is 0 Å². The van der Waals surface area contributed by atoms with Gasteiger partial charge >= 0.3 is 11.9 Å². The summed E-state index contributed by atoms with van der Waals surface area (Å²) in [6.45, 7) is 11.8. The van der Waals surface area contributed by atoms with E-state index < -0.39 is 32.0 Å². The van der Waals surface area contributed by atoms with E-state index in [4.69, 9.17) is 10.2 Å². The van der Waals surface area contributed by atoms with Crippen molar-refractivity contribution in [1.82, 2.24) is 0 Å². The van der Waals surface area contributed by atoms with Crippen LogP contribution in [0.5, 0.6) is 0 Å². The summed E-state index contributed by atoms with van der Waals surface area (Å²) in [5, 5.41) is 18.3. The third-order valence-corrected chi connectivity index (χ3v) is 13.2. The van der Waals surface area contributed by atoms with E-state index >= 15 is 0 Å². The number of hydrogen-bond acceptors (Lipinski definition) is 6. The van der Waals surface area contributed by atoms with Crippen LogP contribution in [0.15, 0.2) is 143 Å². The molecule has 12 heteroatoms. The second-order valence-electron chi connectivity index (χ2n) is 16.0. The molecule has 6 aromatic carbocycles.